The maximum atomic E-state index is 10.6. The molecule has 0 amide bonds. The standard InChI is InChI=1S/C25H17BrN4O/c26-19-12-13-22-21(14-19)23(17-7-2-1-3-8-17)29-25(28-22)30-27-15-18-11-10-16-6-4-5-9-20(16)24(18)31/h1-15,31H,(H,28,29,30)/b27-15+. The van der Waals surface area contributed by atoms with Gasteiger partial charge in [0, 0.05) is 26.4 Å². The molecular weight excluding hydrogens is 452 g/mol. The van der Waals surface area contributed by atoms with Crippen LogP contribution in [0.5, 0.6) is 5.75 Å². The minimum absolute atomic E-state index is 0.193. The Hall–Kier alpha value is -3.77. The molecule has 6 heteroatoms. The van der Waals surface area contributed by atoms with Crippen molar-refractivity contribution < 1.29 is 5.11 Å². The van der Waals surface area contributed by atoms with Gasteiger partial charge in [0.2, 0.25) is 5.95 Å². The quantitative estimate of drug-likeness (QED) is 0.237. The molecule has 5 rings (SSSR count). The van der Waals surface area contributed by atoms with E-state index in [1.165, 1.54) is 0 Å². The van der Waals surface area contributed by atoms with Crippen LogP contribution in [0.25, 0.3) is 32.9 Å². The number of hydrogen-bond acceptors (Lipinski definition) is 5. The van der Waals surface area contributed by atoms with E-state index in [-0.39, 0.29) is 5.75 Å². The summed E-state index contributed by atoms with van der Waals surface area (Å²) in [6.07, 6.45) is 1.57. The van der Waals surface area contributed by atoms with Crippen molar-refractivity contribution >= 4 is 49.8 Å². The van der Waals surface area contributed by atoms with E-state index in [1.807, 2.05) is 84.9 Å². The van der Waals surface area contributed by atoms with Gasteiger partial charge in [0.15, 0.2) is 0 Å². The molecule has 1 aromatic heterocycles. The number of nitrogens with zero attached hydrogens (tertiary/aromatic N) is 3. The van der Waals surface area contributed by atoms with Crippen molar-refractivity contribution in [1.82, 2.24) is 9.97 Å². The van der Waals surface area contributed by atoms with E-state index in [0.29, 0.717) is 11.5 Å². The lowest BCUT2D eigenvalue weighted by Crippen LogP contribution is -2.00. The smallest absolute Gasteiger partial charge is 0.244 e. The number of phenols is 1. The molecule has 150 valence electrons. The SMILES string of the molecule is Oc1c(/C=N/Nc2nc(-c3ccccc3)c3cc(Br)ccc3n2)ccc2ccccc12. The Morgan fingerprint density at radius 2 is 1.65 bits per heavy atom. The third kappa shape index (κ3) is 3.85. The second-order valence-corrected chi connectivity index (χ2v) is 7.93. The first-order valence-electron chi connectivity index (χ1n) is 9.71. The van der Waals surface area contributed by atoms with E-state index in [4.69, 9.17) is 4.98 Å². The van der Waals surface area contributed by atoms with Gasteiger partial charge < -0.3 is 5.11 Å². The predicted molar refractivity (Wildman–Crippen MR) is 130 cm³/mol. The molecule has 31 heavy (non-hydrogen) atoms. The Labute approximate surface area is 187 Å². The van der Waals surface area contributed by atoms with Crippen LogP contribution in [0.3, 0.4) is 0 Å². The van der Waals surface area contributed by atoms with Gasteiger partial charge in [-0.3, -0.25) is 0 Å². The Morgan fingerprint density at radius 3 is 2.52 bits per heavy atom. The fourth-order valence-electron chi connectivity index (χ4n) is 3.50. The van der Waals surface area contributed by atoms with Crippen molar-refractivity contribution in [3.63, 3.8) is 0 Å². The average Bonchev–Trinajstić information content (AvgIpc) is 2.81. The van der Waals surface area contributed by atoms with Crippen molar-refractivity contribution in [1.29, 1.82) is 0 Å². The summed E-state index contributed by atoms with van der Waals surface area (Å²) in [6.45, 7) is 0. The van der Waals surface area contributed by atoms with Gasteiger partial charge >= 0.3 is 0 Å². The van der Waals surface area contributed by atoms with Gasteiger partial charge in [-0.1, -0.05) is 76.6 Å². The maximum absolute atomic E-state index is 10.6. The number of anilines is 1. The van der Waals surface area contributed by atoms with Gasteiger partial charge in [0.1, 0.15) is 5.75 Å². The molecule has 0 unspecified atom stereocenters. The number of phenolic OH excluding ortho intramolecular Hbond substituents is 1. The molecule has 0 aliphatic heterocycles. The number of halogens is 1. The number of benzene rings is 4. The van der Waals surface area contributed by atoms with E-state index in [2.05, 4.69) is 31.4 Å². The lowest BCUT2D eigenvalue weighted by molar-refractivity contribution is 0.481. The maximum Gasteiger partial charge on any atom is 0.244 e. The normalized spacial score (nSPS) is 11.4. The van der Waals surface area contributed by atoms with Gasteiger partial charge in [-0.2, -0.15) is 5.10 Å². The number of fused-ring (bicyclic) bond motifs is 2. The molecular formula is C25H17BrN4O. The van der Waals surface area contributed by atoms with Crippen LogP contribution in [0.2, 0.25) is 0 Å². The minimum Gasteiger partial charge on any atom is -0.507 e. The number of hydrogen-bond donors (Lipinski definition) is 2. The first-order valence-corrected chi connectivity index (χ1v) is 10.5. The molecule has 5 aromatic rings. The summed E-state index contributed by atoms with van der Waals surface area (Å²) < 4.78 is 0.964. The number of nitrogens with one attached hydrogen (secondary N) is 1. The highest BCUT2D eigenvalue weighted by atomic mass is 79.9. The summed E-state index contributed by atoms with van der Waals surface area (Å²) >= 11 is 3.53. The van der Waals surface area contributed by atoms with Crippen LogP contribution < -0.4 is 5.43 Å². The zero-order valence-corrected chi connectivity index (χ0v) is 17.9. The van der Waals surface area contributed by atoms with Crippen molar-refractivity contribution in [3.05, 3.63) is 95.0 Å². The van der Waals surface area contributed by atoms with Gasteiger partial charge in [0.05, 0.1) is 17.4 Å². The molecule has 0 spiro atoms. The van der Waals surface area contributed by atoms with Gasteiger partial charge in [-0.25, -0.2) is 15.4 Å². The van der Waals surface area contributed by atoms with Gasteiger partial charge in [0.25, 0.3) is 0 Å². The summed E-state index contributed by atoms with van der Waals surface area (Å²) in [7, 11) is 0. The van der Waals surface area contributed by atoms with Crippen molar-refractivity contribution in [2.24, 2.45) is 5.10 Å². The second kappa shape index (κ2) is 8.16. The molecule has 0 radical (unpaired) electrons. The highest BCUT2D eigenvalue weighted by Gasteiger charge is 2.10. The fourth-order valence-corrected chi connectivity index (χ4v) is 3.86. The molecule has 2 N–H and O–H groups in total. The number of aromatic nitrogens is 2. The van der Waals surface area contributed by atoms with E-state index < -0.39 is 0 Å². The Bertz CT molecular complexity index is 1430. The molecule has 0 bridgehead atoms. The molecule has 0 aliphatic rings. The highest BCUT2D eigenvalue weighted by molar-refractivity contribution is 9.10. The van der Waals surface area contributed by atoms with Gasteiger partial charge in [-0.05, 0) is 29.7 Å². The predicted octanol–water partition coefficient (Wildman–Crippen LogP) is 6.36. The zero-order chi connectivity index (χ0) is 21.2. The summed E-state index contributed by atoms with van der Waals surface area (Å²) in [4.78, 5) is 9.28. The molecule has 0 atom stereocenters. The van der Waals surface area contributed by atoms with Crippen LogP contribution in [0, 0.1) is 0 Å². The van der Waals surface area contributed by atoms with Crippen molar-refractivity contribution in [2.75, 3.05) is 5.43 Å². The molecule has 4 aromatic carbocycles. The van der Waals surface area contributed by atoms with Crippen LogP contribution in [0.4, 0.5) is 5.95 Å². The van der Waals surface area contributed by atoms with E-state index in [0.717, 1.165) is 37.4 Å². The van der Waals surface area contributed by atoms with Crippen LogP contribution in [-0.4, -0.2) is 21.3 Å². The number of hydrazone groups is 1. The monoisotopic (exact) mass is 468 g/mol. The first-order chi connectivity index (χ1) is 15.2. The molecule has 1 heterocycles. The minimum atomic E-state index is 0.193. The third-order valence-electron chi connectivity index (χ3n) is 5.00. The summed E-state index contributed by atoms with van der Waals surface area (Å²) in [5.74, 6) is 0.572. The summed E-state index contributed by atoms with van der Waals surface area (Å²) in [5, 5.41) is 17.5. The van der Waals surface area contributed by atoms with Crippen LogP contribution in [0.15, 0.2) is 94.5 Å². The Morgan fingerprint density at radius 1 is 0.839 bits per heavy atom. The van der Waals surface area contributed by atoms with E-state index >= 15 is 0 Å². The van der Waals surface area contributed by atoms with E-state index in [1.54, 1.807) is 6.21 Å². The molecule has 0 saturated heterocycles. The van der Waals surface area contributed by atoms with E-state index in [9.17, 15) is 5.11 Å². The Kier molecular flexibility index (Phi) is 5.06. The summed E-state index contributed by atoms with van der Waals surface area (Å²) in [6, 6.07) is 27.3. The lowest BCUT2D eigenvalue weighted by Gasteiger charge is -2.09. The number of rotatable bonds is 4. The van der Waals surface area contributed by atoms with Crippen LogP contribution in [0.1, 0.15) is 5.56 Å². The van der Waals surface area contributed by atoms with Crippen LogP contribution >= 0.6 is 15.9 Å². The molecule has 0 fully saturated rings. The molecule has 0 saturated carbocycles. The molecule has 5 nitrogen and oxygen atoms in total. The third-order valence-corrected chi connectivity index (χ3v) is 5.50. The zero-order valence-electron chi connectivity index (χ0n) is 16.3. The van der Waals surface area contributed by atoms with Gasteiger partial charge in [-0.15, -0.1) is 0 Å². The largest absolute Gasteiger partial charge is 0.507 e. The van der Waals surface area contributed by atoms with Crippen molar-refractivity contribution in [2.45, 2.75) is 0 Å². The fraction of sp³-hybridized carbons (Fsp3) is 0. The lowest BCUT2D eigenvalue weighted by atomic mass is 10.1. The first kappa shape index (κ1) is 19.2. The second-order valence-electron chi connectivity index (χ2n) is 7.02. The Balaban J connectivity index is 1.51. The molecule has 0 aliphatic carbocycles. The average molecular weight is 469 g/mol. The van der Waals surface area contributed by atoms with Crippen molar-refractivity contribution in [3.8, 4) is 17.0 Å². The highest BCUT2D eigenvalue weighted by Crippen LogP contribution is 2.30. The van der Waals surface area contributed by atoms with Crippen LogP contribution in [-0.2, 0) is 0 Å². The number of aromatic hydroxyl groups is 1. The topological polar surface area (TPSA) is 70.4 Å². The summed E-state index contributed by atoms with van der Waals surface area (Å²) in [5.41, 5.74) is 6.14.